The molecule has 0 N–H and O–H groups in total. The predicted molar refractivity (Wildman–Crippen MR) is 221 cm³/mol. The van der Waals surface area contributed by atoms with Crippen molar-refractivity contribution in [1.82, 2.24) is 0 Å². The van der Waals surface area contributed by atoms with Crippen molar-refractivity contribution in [2.24, 2.45) is 11.8 Å². The molecule has 0 fully saturated rings. The second-order valence-electron chi connectivity index (χ2n) is 16.9. The van der Waals surface area contributed by atoms with Crippen molar-refractivity contribution in [3.8, 4) is 0 Å². The summed E-state index contributed by atoms with van der Waals surface area (Å²) in [6.45, 7) is 9.80. The van der Waals surface area contributed by atoms with E-state index in [2.05, 4.69) is 161 Å². The fourth-order valence-electron chi connectivity index (χ4n) is 11.2. The molecule has 6 aliphatic rings. The molecule has 52 heavy (non-hydrogen) atoms. The SMILES string of the molecule is CC1(C)C2=C(c3ccccc31)C1C3=C(C=C(c4c5c(c(C6=Cc7ccccc7CC6)c6ccccc46)=CCCC=5)C1C=C2)C(C)(C)c1ccccc13. The van der Waals surface area contributed by atoms with Crippen LogP contribution in [-0.2, 0) is 17.3 Å². The molecule has 0 heterocycles. The third kappa shape index (κ3) is 3.93. The number of rotatable bonds is 2. The van der Waals surface area contributed by atoms with Crippen LogP contribution in [0.4, 0.5) is 0 Å². The normalized spacial score (nSPS) is 22.5. The van der Waals surface area contributed by atoms with Gasteiger partial charge in [0.2, 0.25) is 0 Å². The van der Waals surface area contributed by atoms with Crippen molar-refractivity contribution in [3.63, 3.8) is 0 Å². The Kier molecular flexibility index (Phi) is 6.25. The lowest BCUT2D eigenvalue weighted by Gasteiger charge is -2.40. The van der Waals surface area contributed by atoms with Crippen LogP contribution in [0.25, 0.3) is 51.3 Å². The lowest BCUT2D eigenvalue weighted by molar-refractivity contribution is 0.626. The first kappa shape index (κ1) is 30.4. The van der Waals surface area contributed by atoms with E-state index in [4.69, 9.17) is 0 Å². The maximum absolute atomic E-state index is 2.67. The van der Waals surface area contributed by atoms with E-state index < -0.39 is 0 Å². The van der Waals surface area contributed by atoms with Gasteiger partial charge in [-0.25, -0.2) is 0 Å². The Morgan fingerprint density at radius 3 is 1.87 bits per heavy atom. The monoisotopic (exact) mass is 668 g/mol. The zero-order chi connectivity index (χ0) is 34.9. The van der Waals surface area contributed by atoms with Gasteiger partial charge in [0.05, 0.1) is 0 Å². The summed E-state index contributed by atoms with van der Waals surface area (Å²) in [6.07, 6.45) is 19.8. The van der Waals surface area contributed by atoms with E-state index in [1.54, 1.807) is 11.1 Å². The van der Waals surface area contributed by atoms with Gasteiger partial charge in [0.15, 0.2) is 0 Å². The van der Waals surface area contributed by atoms with E-state index in [9.17, 15) is 0 Å². The van der Waals surface area contributed by atoms with Crippen LogP contribution in [0.5, 0.6) is 0 Å². The van der Waals surface area contributed by atoms with Crippen molar-refractivity contribution in [3.05, 3.63) is 181 Å². The fourth-order valence-corrected chi connectivity index (χ4v) is 11.2. The van der Waals surface area contributed by atoms with E-state index >= 15 is 0 Å². The van der Waals surface area contributed by atoms with Crippen molar-refractivity contribution >= 4 is 51.3 Å². The summed E-state index contributed by atoms with van der Waals surface area (Å²) < 4.78 is 0. The van der Waals surface area contributed by atoms with Crippen LogP contribution < -0.4 is 10.4 Å². The lowest BCUT2D eigenvalue weighted by Crippen LogP contribution is -2.36. The summed E-state index contributed by atoms with van der Waals surface area (Å²) in [5.41, 5.74) is 20.5. The van der Waals surface area contributed by atoms with Crippen LogP contribution in [0, 0.1) is 11.8 Å². The van der Waals surface area contributed by atoms with Gasteiger partial charge in [-0.15, -0.1) is 0 Å². The second-order valence-corrected chi connectivity index (χ2v) is 16.9. The van der Waals surface area contributed by atoms with Gasteiger partial charge in [0, 0.05) is 22.7 Å². The Hall–Kier alpha value is -5.20. The van der Waals surface area contributed by atoms with Crippen LogP contribution in [0.15, 0.2) is 126 Å². The van der Waals surface area contributed by atoms with Crippen molar-refractivity contribution in [1.29, 1.82) is 0 Å². The molecule has 0 saturated carbocycles. The molecule has 2 unspecified atom stereocenters. The molecule has 5 aromatic carbocycles. The molecule has 0 heteroatoms. The largest absolute Gasteiger partial charge is 0.0757 e. The first-order valence-corrected chi connectivity index (χ1v) is 19.5. The minimum Gasteiger partial charge on any atom is -0.0757 e. The Bertz CT molecular complexity index is 2730. The first-order chi connectivity index (χ1) is 25.3. The third-order valence-electron chi connectivity index (χ3n) is 13.6. The van der Waals surface area contributed by atoms with Crippen LogP contribution >= 0.6 is 0 Å². The number of fused-ring (bicyclic) bond motifs is 10. The van der Waals surface area contributed by atoms with Gasteiger partial charge in [-0.05, 0) is 125 Å². The highest BCUT2D eigenvalue weighted by Gasteiger charge is 2.50. The number of hydrogen-bond donors (Lipinski definition) is 0. The molecule has 0 radical (unpaired) electrons. The second kappa shape index (κ2) is 10.7. The van der Waals surface area contributed by atoms with Crippen LogP contribution in [-0.4, -0.2) is 0 Å². The van der Waals surface area contributed by atoms with Gasteiger partial charge in [-0.1, -0.05) is 161 Å². The summed E-state index contributed by atoms with van der Waals surface area (Å²) in [4.78, 5) is 0. The number of hydrogen-bond acceptors (Lipinski definition) is 0. The molecular weight excluding hydrogens is 625 g/mol. The molecule has 0 aliphatic heterocycles. The first-order valence-electron chi connectivity index (χ1n) is 19.5. The Morgan fingerprint density at radius 1 is 0.558 bits per heavy atom. The molecule has 11 rings (SSSR count). The molecule has 0 saturated heterocycles. The van der Waals surface area contributed by atoms with Crippen molar-refractivity contribution in [2.45, 2.75) is 64.2 Å². The predicted octanol–water partition coefficient (Wildman–Crippen LogP) is 11.4. The van der Waals surface area contributed by atoms with E-state index in [1.165, 1.54) is 88.0 Å². The average molecular weight is 669 g/mol. The van der Waals surface area contributed by atoms with Gasteiger partial charge >= 0.3 is 0 Å². The fraction of sp³-hybridized carbons (Fsp3) is 0.231. The molecule has 0 bridgehead atoms. The molecule has 5 aromatic rings. The zero-order valence-electron chi connectivity index (χ0n) is 30.7. The highest BCUT2D eigenvalue weighted by Crippen LogP contribution is 2.63. The third-order valence-corrected chi connectivity index (χ3v) is 13.6. The molecule has 0 amide bonds. The van der Waals surface area contributed by atoms with Crippen LogP contribution in [0.3, 0.4) is 0 Å². The summed E-state index contributed by atoms with van der Waals surface area (Å²) in [6, 6.07) is 36.9. The summed E-state index contributed by atoms with van der Waals surface area (Å²) in [5.74, 6) is 0.482. The lowest BCUT2D eigenvalue weighted by atomic mass is 9.63. The van der Waals surface area contributed by atoms with E-state index in [0.29, 0.717) is 0 Å². The van der Waals surface area contributed by atoms with Gasteiger partial charge in [-0.3, -0.25) is 0 Å². The highest BCUT2D eigenvalue weighted by atomic mass is 14.5. The highest BCUT2D eigenvalue weighted by molar-refractivity contribution is 6.07. The van der Waals surface area contributed by atoms with Crippen molar-refractivity contribution in [2.75, 3.05) is 0 Å². The molecule has 6 aliphatic carbocycles. The van der Waals surface area contributed by atoms with Crippen LogP contribution in [0.2, 0.25) is 0 Å². The van der Waals surface area contributed by atoms with E-state index in [-0.39, 0.29) is 22.7 Å². The smallest absolute Gasteiger partial charge is 0.0211 e. The average Bonchev–Trinajstić information content (AvgIpc) is 3.56. The number of aryl methyl sites for hydroxylation is 1. The Morgan fingerprint density at radius 2 is 1.13 bits per heavy atom. The van der Waals surface area contributed by atoms with Gasteiger partial charge in [0.1, 0.15) is 0 Å². The molecule has 0 aromatic heterocycles. The Balaban J connectivity index is 1.22. The van der Waals surface area contributed by atoms with E-state index in [0.717, 1.165) is 25.7 Å². The molecule has 0 nitrogen and oxygen atoms in total. The maximum Gasteiger partial charge on any atom is 0.0211 e. The summed E-state index contributed by atoms with van der Waals surface area (Å²) in [7, 11) is 0. The standard InChI is InChI=1S/C52H44/c1-51(2)42-23-13-11-21-39(42)48-44(51)28-27-38-41(30-45-49(50(38)48)40-22-12-14-24-43(40)52(45,3)4)47-36-19-9-7-17-34(36)46(35-18-8-10-20-37(35)47)33-26-25-31-15-5-6-16-32(31)29-33/h5-7,9,11-24,27-30,38,50H,8,10,25-26H2,1-4H3. The quantitative estimate of drug-likeness (QED) is 0.176. The molecule has 2 atom stereocenters. The molecular formula is C52H44. The molecule has 252 valence electrons. The zero-order valence-corrected chi connectivity index (χ0v) is 30.7. The van der Waals surface area contributed by atoms with Crippen LogP contribution in [0.1, 0.15) is 91.5 Å². The van der Waals surface area contributed by atoms with Gasteiger partial charge < -0.3 is 0 Å². The summed E-state index contributed by atoms with van der Waals surface area (Å²) >= 11 is 0. The van der Waals surface area contributed by atoms with E-state index in [1.807, 2.05) is 0 Å². The summed E-state index contributed by atoms with van der Waals surface area (Å²) in [5, 5.41) is 5.68. The minimum absolute atomic E-state index is 0.0360. The van der Waals surface area contributed by atoms with Gasteiger partial charge in [-0.2, -0.15) is 0 Å². The van der Waals surface area contributed by atoms with Gasteiger partial charge in [0.25, 0.3) is 0 Å². The maximum atomic E-state index is 2.67. The topological polar surface area (TPSA) is 0 Å². The number of allylic oxidation sites excluding steroid dienone is 9. The molecule has 0 spiro atoms. The minimum atomic E-state index is -0.0936. The number of benzene rings is 5. The van der Waals surface area contributed by atoms with Crippen molar-refractivity contribution < 1.29 is 0 Å². The Labute approximate surface area is 307 Å².